The second kappa shape index (κ2) is 5.66. The molecule has 0 N–H and O–H groups in total. The lowest BCUT2D eigenvalue weighted by atomic mass is 9.59. The van der Waals surface area contributed by atoms with E-state index in [0.717, 1.165) is 16.7 Å². The molecule has 0 spiro atoms. The minimum atomic E-state index is -0.534. The highest BCUT2D eigenvalue weighted by molar-refractivity contribution is 5.68. The summed E-state index contributed by atoms with van der Waals surface area (Å²) < 4.78 is 11.3. The van der Waals surface area contributed by atoms with Crippen molar-refractivity contribution in [1.82, 2.24) is 0 Å². The molecular weight excluding hydrogens is 292 g/mol. The van der Waals surface area contributed by atoms with Crippen LogP contribution in [0.2, 0.25) is 0 Å². The van der Waals surface area contributed by atoms with Crippen LogP contribution in [-0.2, 0) is 29.9 Å². The highest BCUT2D eigenvalue weighted by Crippen LogP contribution is 2.48. The number of benzene rings is 1. The van der Waals surface area contributed by atoms with E-state index in [4.69, 9.17) is 9.47 Å². The van der Waals surface area contributed by atoms with Gasteiger partial charge in [0.15, 0.2) is 0 Å². The Kier molecular flexibility index (Phi) is 4.31. The van der Waals surface area contributed by atoms with Crippen LogP contribution < -0.4 is 0 Å². The Labute approximate surface area is 138 Å². The number of ether oxygens (including phenoxy) is 2. The summed E-state index contributed by atoms with van der Waals surface area (Å²) in [6.07, 6.45) is -1.07. The van der Waals surface area contributed by atoms with Crippen LogP contribution in [0.3, 0.4) is 0 Å². The van der Waals surface area contributed by atoms with Gasteiger partial charge in [-0.15, -0.1) is 0 Å². The van der Waals surface area contributed by atoms with Gasteiger partial charge < -0.3 is 9.47 Å². The van der Waals surface area contributed by atoms with E-state index >= 15 is 0 Å². The summed E-state index contributed by atoms with van der Waals surface area (Å²) in [7, 11) is 0. The van der Waals surface area contributed by atoms with E-state index in [1.165, 1.54) is 13.8 Å². The van der Waals surface area contributed by atoms with Crippen molar-refractivity contribution in [3.63, 3.8) is 0 Å². The van der Waals surface area contributed by atoms with Gasteiger partial charge >= 0.3 is 11.9 Å². The normalized spacial score (nSPS) is 24.5. The standard InChI is InChI=1S/C19H26O4/c1-11-8-9-14-15(10-11)19(6,7)17(23-13(3)21)16(18(14,4)5)22-12(2)20/h8-10,16-17H,1-7H3/t16-,17+/m1/s1. The molecule has 0 aromatic heterocycles. The van der Waals surface area contributed by atoms with Gasteiger partial charge in [0.2, 0.25) is 0 Å². The quantitative estimate of drug-likeness (QED) is 0.784. The Bertz CT molecular complexity index is 643. The number of hydrogen-bond donors (Lipinski definition) is 0. The first kappa shape index (κ1) is 17.5. The lowest BCUT2D eigenvalue weighted by molar-refractivity contribution is -0.179. The molecular formula is C19H26O4. The topological polar surface area (TPSA) is 52.6 Å². The molecule has 126 valence electrons. The molecule has 4 nitrogen and oxygen atoms in total. The fourth-order valence-corrected chi connectivity index (χ4v) is 3.59. The third kappa shape index (κ3) is 2.99. The van der Waals surface area contributed by atoms with Crippen molar-refractivity contribution in [3.8, 4) is 0 Å². The molecule has 0 bridgehead atoms. The van der Waals surface area contributed by atoms with Crippen LogP contribution in [0, 0.1) is 6.92 Å². The fourth-order valence-electron chi connectivity index (χ4n) is 3.59. The molecule has 0 radical (unpaired) electrons. The molecule has 0 unspecified atom stereocenters. The van der Waals surface area contributed by atoms with Gasteiger partial charge in [-0.25, -0.2) is 0 Å². The molecule has 0 saturated carbocycles. The van der Waals surface area contributed by atoms with Gasteiger partial charge in [-0.2, -0.15) is 0 Å². The van der Waals surface area contributed by atoms with Gasteiger partial charge in [-0.05, 0) is 18.1 Å². The zero-order valence-electron chi connectivity index (χ0n) is 15.0. The van der Waals surface area contributed by atoms with E-state index < -0.39 is 23.0 Å². The zero-order valence-corrected chi connectivity index (χ0v) is 15.0. The summed E-state index contributed by atoms with van der Waals surface area (Å²) in [6, 6.07) is 6.29. The van der Waals surface area contributed by atoms with Gasteiger partial charge in [0.05, 0.1) is 0 Å². The number of aryl methyl sites for hydroxylation is 1. The number of rotatable bonds is 2. The molecule has 1 aliphatic carbocycles. The van der Waals surface area contributed by atoms with Crippen molar-refractivity contribution in [2.24, 2.45) is 0 Å². The number of hydrogen-bond acceptors (Lipinski definition) is 4. The Morgan fingerprint density at radius 2 is 1.30 bits per heavy atom. The summed E-state index contributed by atoms with van der Waals surface area (Å²) in [6.45, 7) is 12.9. The Morgan fingerprint density at radius 1 is 0.870 bits per heavy atom. The average Bonchev–Trinajstić information content (AvgIpc) is 2.40. The van der Waals surface area contributed by atoms with Crippen LogP contribution >= 0.6 is 0 Å². The second-order valence-electron chi connectivity index (χ2n) is 7.55. The van der Waals surface area contributed by atoms with Crippen molar-refractivity contribution >= 4 is 11.9 Å². The van der Waals surface area contributed by atoms with Gasteiger partial charge in [-0.1, -0.05) is 51.5 Å². The highest BCUT2D eigenvalue weighted by Gasteiger charge is 2.54. The largest absolute Gasteiger partial charge is 0.458 e. The molecule has 0 heterocycles. The van der Waals surface area contributed by atoms with Gasteiger partial charge in [0.1, 0.15) is 12.2 Å². The van der Waals surface area contributed by atoms with Gasteiger partial charge in [0, 0.05) is 24.7 Å². The molecule has 0 amide bonds. The number of esters is 2. The van der Waals surface area contributed by atoms with Crippen LogP contribution in [-0.4, -0.2) is 24.1 Å². The van der Waals surface area contributed by atoms with Crippen molar-refractivity contribution in [1.29, 1.82) is 0 Å². The third-order valence-electron chi connectivity index (χ3n) is 4.85. The molecule has 1 aromatic rings. The lowest BCUT2D eigenvalue weighted by Crippen LogP contribution is -2.59. The van der Waals surface area contributed by atoms with Crippen LogP contribution in [0.15, 0.2) is 18.2 Å². The lowest BCUT2D eigenvalue weighted by Gasteiger charge is -2.51. The van der Waals surface area contributed by atoms with Crippen LogP contribution in [0.25, 0.3) is 0 Å². The third-order valence-corrected chi connectivity index (χ3v) is 4.85. The molecule has 1 aromatic carbocycles. The first-order chi connectivity index (χ1) is 10.5. The van der Waals surface area contributed by atoms with Gasteiger partial charge in [-0.3, -0.25) is 9.59 Å². The zero-order chi connectivity index (χ0) is 17.6. The first-order valence-corrected chi connectivity index (χ1v) is 7.94. The number of carbonyl (C=O) groups excluding carboxylic acids is 2. The fraction of sp³-hybridized carbons (Fsp3) is 0.579. The maximum absolute atomic E-state index is 11.7. The predicted molar refractivity (Wildman–Crippen MR) is 88.3 cm³/mol. The molecule has 2 atom stereocenters. The summed E-state index contributed by atoms with van der Waals surface area (Å²) >= 11 is 0. The van der Waals surface area contributed by atoms with Crippen LogP contribution in [0.1, 0.15) is 58.2 Å². The van der Waals surface area contributed by atoms with Crippen molar-refractivity contribution in [3.05, 3.63) is 34.9 Å². The van der Waals surface area contributed by atoms with Crippen molar-refractivity contribution in [2.75, 3.05) is 0 Å². The molecule has 1 aliphatic rings. The van der Waals surface area contributed by atoms with Gasteiger partial charge in [0.25, 0.3) is 0 Å². The number of fused-ring (bicyclic) bond motifs is 1. The van der Waals surface area contributed by atoms with E-state index in [-0.39, 0.29) is 11.9 Å². The Balaban J connectivity index is 2.69. The monoisotopic (exact) mass is 318 g/mol. The highest BCUT2D eigenvalue weighted by atomic mass is 16.6. The molecule has 23 heavy (non-hydrogen) atoms. The minimum absolute atomic E-state index is 0.368. The van der Waals surface area contributed by atoms with Crippen molar-refractivity contribution < 1.29 is 19.1 Å². The molecule has 0 fully saturated rings. The molecule has 0 saturated heterocycles. The van der Waals surface area contributed by atoms with Crippen molar-refractivity contribution in [2.45, 2.75) is 71.5 Å². The molecule has 4 heteroatoms. The van der Waals surface area contributed by atoms with E-state index in [0.29, 0.717) is 0 Å². The summed E-state index contributed by atoms with van der Waals surface area (Å²) in [5.74, 6) is -0.737. The average molecular weight is 318 g/mol. The predicted octanol–water partition coefficient (Wildman–Crippen LogP) is 3.43. The van der Waals surface area contributed by atoms with Crippen LogP contribution in [0.4, 0.5) is 0 Å². The number of carbonyl (C=O) groups is 2. The maximum Gasteiger partial charge on any atom is 0.303 e. The Hall–Kier alpha value is -1.84. The maximum atomic E-state index is 11.7. The SMILES string of the molecule is CC(=O)O[C@@H]1[C@H](OC(C)=O)C(C)(C)c2cc(C)ccc2C1(C)C. The summed E-state index contributed by atoms with van der Waals surface area (Å²) in [5.41, 5.74) is 2.51. The van der Waals surface area contributed by atoms with E-state index in [9.17, 15) is 9.59 Å². The summed E-state index contributed by atoms with van der Waals surface area (Å²) in [4.78, 5) is 23.3. The van der Waals surface area contributed by atoms with E-state index in [2.05, 4.69) is 18.2 Å². The summed E-state index contributed by atoms with van der Waals surface area (Å²) in [5, 5.41) is 0. The smallest absolute Gasteiger partial charge is 0.303 e. The second-order valence-corrected chi connectivity index (χ2v) is 7.55. The molecule has 0 aliphatic heterocycles. The van der Waals surface area contributed by atoms with E-state index in [1.54, 1.807) is 0 Å². The Morgan fingerprint density at radius 3 is 1.74 bits per heavy atom. The minimum Gasteiger partial charge on any atom is -0.458 e. The molecule has 2 rings (SSSR count). The van der Waals surface area contributed by atoms with E-state index in [1.807, 2.05) is 34.6 Å². The van der Waals surface area contributed by atoms with Crippen LogP contribution in [0.5, 0.6) is 0 Å². The first-order valence-electron chi connectivity index (χ1n) is 7.94.